The number of hydrogen-bond donors (Lipinski definition) is 3. The zero-order valence-electron chi connectivity index (χ0n) is 17.1. The van der Waals surface area contributed by atoms with Gasteiger partial charge >= 0.3 is 0 Å². The highest BCUT2D eigenvalue weighted by molar-refractivity contribution is 7.92. The molecule has 0 aliphatic heterocycles. The third-order valence-corrected chi connectivity index (χ3v) is 5.82. The summed E-state index contributed by atoms with van der Waals surface area (Å²) in [6, 6.07) is 16.3. The van der Waals surface area contributed by atoms with Crippen LogP contribution in [0, 0.1) is 10.1 Å². The van der Waals surface area contributed by atoms with E-state index in [-0.39, 0.29) is 16.3 Å². The minimum Gasteiger partial charge on any atom is -0.507 e. The van der Waals surface area contributed by atoms with Crippen molar-refractivity contribution < 1.29 is 23.2 Å². The smallest absolute Gasteiger partial charge is 0.295 e. The first-order valence-corrected chi connectivity index (χ1v) is 10.7. The van der Waals surface area contributed by atoms with E-state index < -0.39 is 20.6 Å². The van der Waals surface area contributed by atoms with E-state index >= 15 is 0 Å². The maximum absolute atomic E-state index is 12.6. The number of nitrogens with one attached hydrogen (secondary N) is 2. The number of aromatic hydroxyl groups is 1. The fourth-order valence-corrected chi connectivity index (χ4v) is 3.87. The average molecular weight is 456 g/mol. The summed E-state index contributed by atoms with van der Waals surface area (Å²) < 4.78 is 32.6. The Morgan fingerprint density at radius 3 is 2.44 bits per heavy atom. The number of phenols is 1. The molecule has 0 saturated carbocycles. The standard InChI is InChI=1S/C21H20N4O6S/c1-14(18-10-8-16(31-2)12-21(18)26)22-23-19-11-9-17(13-20(19)25(27)28)32(29,30)24-15-6-4-3-5-7-15/h3-13,23-24,26H,1-2H3/b22-14+. The first kappa shape index (κ1) is 22.6. The SMILES string of the molecule is COc1ccc(/C(C)=N/Nc2ccc(S(=O)(=O)Nc3ccccc3)cc2[N+](=O)[O-])c(O)c1. The van der Waals surface area contributed by atoms with Crippen LogP contribution in [0.25, 0.3) is 0 Å². The minimum absolute atomic E-state index is 0.0130. The highest BCUT2D eigenvalue weighted by Crippen LogP contribution is 2.29. The summed E-state index contributed by atoms with van der Waals surface area (Å²) >= 11 is 0. The molecule has 3 aromatic carbocycles. The number of para-hydroxylation sites is 1. The molecule has 10 nitrogen and oxygen atoms in total. The number of ether oxygens (including phenoxy) is 1. The third kappa shape index (κ3) is 5.13. The van der Waals surface area contributed by atoms with Crippen LogP contribution >= 0.6 is 0 Å². The van der Waals surface area contributed by atoms with Crippen LogP contribution in [0.4, 0.5) is 17.1 Å². The van der Waals surface area contributed by atoms with E-state index in [0.717, 1.165) is 6.07 Å². The van der Waals surface area contributed by atoms with Gasteiger partial charge in [0, 0.05) is 23.4 Å². The molecule has 3 aromatic rings. The molecule has 0 atom stereocenters. The maximum Gasteiger partial charge on any atom is 0.295 e. The lowest BCUT2D eigenvalue weighted by Crippen LogP contribution is -2.13. The Hall–Kier alpha value is -4.12. The van der Waals surface area contributed by atoms with Gasteiger partial charge in [-0.3, -0.25) is 20.3 Å². The number of nitro benzene ring substituents is 1. The largest absolute Gasteiger partial charge is 0.507 e. The van der Waals surface area contributed by atoms with Crippen molar-refractivity contribution in [2.24, 2.45) is 5.10 Å². The molecule has 0 fully saturated rings. The van der Waals surface area contributed by atoms with Gasteiger partial charge in [-0.05, 0) is 43.3 Å². The lowest BCUT2D eigenvalue weighted by atomic mass is 10.1. The third-order valence-electron chi connectivity index (χ3n) is 4.44. The normalized spacial score (nSPS) is 11.6. The lowest BCUT2D eigenvalue weighted by molar-refractivity contribution is -0.384. The molecule has 0 aliphatic rings. The van der Waals surface area contributed by atoms with Crippen LogP contribution in [0.1, 0.15) is 12.5 Å². The topological polar surface area (TPSA) is 143 Å². The zero-order chi connectivity index (χ0) is 23.3. The molecule has 0 heterocycles. The van der Waals surface area contributed by atoms with Gasteiger partial charge in [0.25, 0.3) is 15.7 Å². The van der Waals surface area contributed by atoms with Crippen molar-refractivity contribution in [3.63, 3.8) is 0 Å². The molecule has 32 heavy (non-hydrogen) atoms. The van der Waals surface area contributed by atoms with Gasteiger partial charge in [-0.1, -0.05) is 18.2 Å². The van der Waals surface area contributed by atoms with Gasteiger partial charge in [-0.25, -0.2) is 8.42 Å². The van der Waals surface area contributed by atoms with Crippen LogP contribution in [-0.2, 0) is 10.0 Å². The van der Waals surface area contributed by atoms with Crippen LogP contribution in [0.5, 0.6) is 11.5 Å². The molecule has 0 aliphatic carbocycles. The Balaban J connectivity index is 1.88. The second-order valence-corrected chi connectivity index (χ2v) is 8.28. The molecule has 0 amide bonds. The molecule has 166 valence electrons. The molecule has 3 N–H and O–H groups in total. The van der Waals surface area contributed by atoms with Crippen molar-refractivity contribution in [2.75, 3.05) is 17.3 Å². The van der Waals surface area contributed by atoms with E-state index in [9.17, 15) is 23.6 Å². The van der Waals surface area contributed by atoms with Crippen LogP contribution in [0.15, 0.2) is 76.7 Å². The van der Waals surface area contributed by atoms with Gasteiger partial charge in [0.1, 0.15) is 17.2 Å². The number of rotatable bonds is 8. The first-order valence-electron chi connectivity index (χ1n) is 9.25. The molecule has 11 heteroatoms. The lowest BCUT2D eigenvalue weighted by Gasteiger charge is -2.10. The predicted octanol–water partition coefficient (Wildman–Crippen LogP) is 3.95. The van der Waals surface area contributed by atoms with Crippen molar-refractivity contribution >= 4 is 32.8 Å². The van der Waals surface area contributed by atoms with Crippen molar-refractivity contribution in [1.82, 2.24) is 0 Å². The molecule has 0 bridgehead atoms. The monoisotopic (exact) mass is 456 g/mol. The molecule has 0 aromatic heterocycles. The van der Waals surface area contributed by atoms with E-state index in [2.05, 4.69) is 15.2 Å². The summed E-state index contributed by atoms with van der Waals surface area (Å²) in [7, 11) is -2.57. The van der Waals surface area contributed by atoms with Gasteiger partial charge < -0.3 is 9.84 Å². The number of anilines is 2. The van der Waals surface area contributed by atoms with Crippen LogP contribution < -0.4 is 14.9 Å². The Morgan fingerprint density at radius 1 is 1.09 bits per heavy atom. The fourth-order valence-electron chi connectivity index (χ4n) is 2.79. The molecular formula is C21H20N4O6S. The minimum atomic E-state index is -4.04. The number of hydrogen-bond acceptors (Lipinski definition) is 8. The molecule has 0 saturated heterocycles. The summed E-state index contributed by atoms with van der Waals surface area (Å²) in [4.78, 5) is 10.6. The number of nitrogens with zero attached hydrogens (tertiary/aromatic N) is 2. The summed E-state index contributed by atoms with van der Waals surface area (Å²) in [5, 5.41) is 25.7. The summed E-state index contributed by atoms with van der Waals surface area (Å²) in [6.45, 7) is 1.60. The number of hydrazone groups is 1. The summed E-state index contributed by atoms with van der Waals surface area (Å²) in [5.74, 6) is 0.388. The van der Waals surface area contributed by atoms with Crippen LogP contribution in [-0.4, -0.2) is 31.3 Å². The van der Waals surface area contributed by atoms with Gasteiger partial charge in [-0.2, -0.15) is 5.10 Å². The quantitative estimate of drug-likeness (QED) is 0.264. The Kier molecular flexibility index (Phi) is 6.59. The Morgan fingerprint density at radius 2 is 1.81 bits per heavy atom. The first-order chi connectivity index (χ1) is 15.2. The molecule has 3 rings (SSSR count). The van der Waals surface area contributed by atoms with Crippen LogP contribution in [0.2, 0.25) is 0 Å². The molecule has 0 radical (unpaired) electrons. The van der Waals surface area contributed by atoms with Crippen molar-refractivity contribution in [3.05, 3.63) is 82.4 Å². The van der Waals surface area contributed by atoms with E-state index in [0.29, 0.717) is 22.7 Å². The van der Waals surface area contributed by atoms with Crippen molar-refractivity contribution in [3.8, 4) is 11.5 Å². The Bertz CT molecular complexity index is 1280. The number of phenolic OH excluding ortho intramolecular Hbond substituents is 1. The van der Waals surface area contributed by atoms with E-state index in [1.807, 2.05) is 0 Å². The average Bonchev–Trinajstić information content (AvgIpc) is 2.77. The van der Waals surface area contributed by atoms with Gasteiger partial charge in [0.15, 0.2) is 0 Å². The predicted molar refractivity (Wildman–Crippen MR) is 121 cm³/mol. The van der Waals surface area contributed by atoms with E-state index in [1.54, 1.807) is 49.4 Å². The number of sulfonamides is 1. The van der Waals surface area contributed by atoms with Gasteiger partial charge in [0.2, 0.25) is 0 Å². The maximum atomic E-state index is 12.6. The number of benzene rings is 3. The highest BCUT2D eigenvalue weighted by atomic mass is 32.2. The second-order valence-electron chi connectivity index (χ2n) is 6.60. The van der Waals surface area contributed by atoms with Crippen LogP contribution in [0.3, 0.4) is 0 Å². The van der Waals surface area contributed by atoms with E-state index in [1.165, 1.54) is 25.3 Å². The van der Waals surface area contributed by atoms with Gasteiger partial charge in [0.05, 0.1) is 22.6 Å². The molecular weight excluding hydrogens is 436 g/mol. The van der Waals surface area contributed by atoms with E-state index in [4.69, 9.17) is 4.74 Å². The highest BCUT2D eigenvalue weighted by Gasteiger charge is 2.22. The summed E-state index contributed by atoms with van der Waals surface area (Å²) in [5.41, 5.74) is 3.15. The Labute approximate surface area is 184 Å². The molecule has 0 spiro atoms. The van der Waals surface area contributed by atoms with Crippen molar-refractivity contribution in [2.45, 2.75) is 11.8 Å². The van der Waals surface area contributed by atoms with Gasteiger partial charge in [-0.15, -0.1) is 0 Å². The zero-order valence-corrected chi connectivity index (χ0v) is 18.0. The fraction of sp³-hybridized carbons (Fsp3) is 0.0952. The number of nitro groups is 1. The number of methoxy groups -OCH3 is 1. The second kappa shape index (κ2) is 9.35. The molecule has 0 unspecified atom stereocenters. The summed E-state index contributed by atoms with van der Waals surface area (Å²) in [6.07, 6.45) is 0. The van der Waals surface area contributed by atoms with Crippen molar-refractivity contribution in [1.29, 1.82) is 0 Å².